The number of benzene rings is 1. The summed E-state index contributed by atoms with van der Waals surface area (Å²) in [5.74, 6) is 0.856. The van der Waals surface area contributed by atoms with Gasteiger partial charge in [0.05, 0.1) is 6.54 Å². The lowest BCUT2D eigenvalue weighted by Crippen LogP contribution is -2.30. The van der Waals surface area contributed by atoms with Crippen molar-refractivity contribution in [1.29, 1.82) is 0 Å². The molecule has 1 aromatic carbocycles. The second kappa shape index (κ2) is 8.59. The van der Waals surface area contributed by atoms with Crippen LogP contribution in [0.4, 0.5) is 35.5 Å². The zero-order valence-corrected chi connectivity index (χ0v) is 15.7. The van der Waals surface area contributed by atoms with Gasteiger partial charge in [0.15, 0.2) is 5.82 Å². The number of anilines is 3. The minimum absolute atomic E-state index is 0.0330. The number of amides is 2. The number of carbonyl (C=O) groups is 1. The van der Waals surface area contributed by atoms with E-state index in [2.05, 4.69) is 30.3 Å². The van der Waals surface area contributed by atoms with Crippen LogP contribution < -0.4 is 25.2 Å². The molecule has 0 radical (unpaired) electrons. The van der Waals surface area contributed by atoms with Crippen LogP contribution in [0.3, 0.4) is 0 Å². The van der Waals surface area contributed by atoms with Gasteiger partial charge in [-0.05, 0) is 24.3 Å². The van der Waals surface area contributed by atoms with E-state index in [-0.39, 0.29) is 12.3 Å². The molecule has 2 N–H and O–H groups in total. The van der Waals surface area contributed by atoms with Crippen LogP contribution in [0.15, 0.2) is 24.3 Å². The van der Waals surface area contributed by atoms with Gasteiger partial charge in [0.2, 0.25) is 11.9 Å². The van der Waals surface area contributed by atoms with Gasteiger partial charge in [-0.25, -0.2) is 4.79 Å². The van der Waals surface area contributed by atoms with Gasteiger partial charge < -0.3 is 25.2 Å². The third-order valence-corrected chi connectivity index (χ3v) is 3.21. The number of alkyl halides is 3. The summed E-state index contributed by atoms with van der Waals surface area (Å²) in [7, 11) is 7.13. The maximum Gasteiger partial charge on any atom is 0.573 e. The van der Waals surface area contributed by atoms with Crippen LogP contribution in [0.1, 0.15) is 5.82 Å². The predicted octanol–water partition coefficient (Wildman–Crippen LogP) is 2.22. The lowest BCUT2D eigenvalue weighted by atomic mass is 10.3. The molecule has 2 aromatic rings. The van der Waals surface area contributed by atoms with E-state index in [1.807, 2.05) is 0 Å². The Hall–Kier alpha value is -3.31. The Kier molecular flexibility index (Phi) is 6.44. The minimum Gasteiger partial charge on any atom is -0.406 e. The first-order valence-electron chi connectivity index (χ1n) is 8.04. The molecule has 0 bridgehead atoms. The molecular formula is C16H20F3N7O2. The molecule has 0 spiro atoms. The summed E-state index contributed by atoms with van der Waals surface area (Å²) in [6, 6.07) is 4.21. The maximum absolute atomic E-state index is 12.1. The Labute approximate surface area is 159 Å². The van der Waals surface area contributed by atoms with Crippen molar-refractivity contribution in [2.45, 2.75) is 12.9 Å². The average molecular weight is 399 g/mol. The highest BCUT2D eigenvalue weighted by atomic mass is 19.4. The predicted molar refractivity (Wildman–Crippen MR) is 97.5 cm³/mol. The number of carbonyl (C=O) groups excluding carboxylic acids is 1. The van der Waals surface area contributed by atoms with Gasteiger partial charge in [-0.2, -0.15) is 15.0 Å². The monoisotopic (exact) mass is 399 g/mol. The number of nitrogens with one attached hydrogen (secondary N) is 2. The van der Waals surface area contributed by atoms with Crippen LogP contribution in [0.5, 0.6) is 5.75 Å². The SMILES string of the molecule is CN(C)c1nc(CNC(=O)Nc2ccc(OC(F)(F)F)cc2)nc(N(C)C)n1. The molecule has 0 atom stereocenters. The van der Waals surface area contributed by atoms with Crippen LogP contribution >= 0.6 is 0 Å². The van der Waals surface area contributed by atoms with E-state index in [1.54, 1.807) is 38.0 Å². The van der Waals surface area contributed by atoms with Crippen molar-refractivity contribution >= 4 is 23.6 Å². The molecule has 0 aliphatic rings. The van der Waals surface area contributed by atoms with Crippen molar-refractivity contribution in [2.24, 2.45) is 0 Å². The first-order valence-corrected chi connectivity index (χ1v) is 8.04. The Bertz CT molecular complexity index is 785. The Balaban J connectivity index is 1.97. The van der Waals surface area contributed by atoms with Crippen LogP contribution in [0.25, 0.3) is 0 Å². The zero-order valence-electron chi connectivity index (χ0n) is 15.7. The molecule has 28 heavy (non-hydrogen) atoms. The van der Waals surface area contributed by atoms with E-state index in [1.165, 1.54) is 12.1 Å². The molecule has 9 nitrogen and oxygen atoms in total. The molecule has 0 aliphatic carbocycles. The van der Waals surface area contributed by atoms with Gasteiger partial charge >= 0.3 is 12.4 Å². The van der Waals surface area contributed by atoms with Crippen molar-refractivity contribution in [3.8, 4) is 5.75 Å². The number of halogens is 3. The van der Waals surface area contributed by atoms with Crippen molar-refractivity contribution < 1.29 is 22.7 Å². The molecule has 2 amide bonds. The normalized spacial score (nSPS) is 11.0. The largest absolute Gasteiger partial charge is 0.573 e. The van der Waals surface area contributed by atoms with Crippen LogP contribution in [-0.4, -0.2) is 55.5 Å². The standard InChI is InChI=1S/C16H20F3N7O2/c1-25(2)13-22-12(23-14(24-13)26(3)4)9-20-15(27)21-10-5-7-11(8-6-10)28-16(17,18)19/h5-8H,9H2,1-4H3,(H2,20,21,27). The van der Waals surface area contributed by atoms with Crippen molar-refractivity contribution in [1.82, 2.24) is 20.3 Å². The number of aromatic nitrogens is 3. The maximum atomic E-state index is 12.1. The van der Waals surface area contributed by atoms with Gasteiger partial charge in [0.1, 0.15) is 5.75 Å². The van der Waals surface area contributed by atoms with E-state index in [0.717, 1.165) is 12.1 Å². The van der Waals surface area contributed by atoms with E-state index in [0.29, 0.717) is 23.4 Å². The fourth-order valence-electron chi connectivity index (χ4n) is 1.95. The van der Waals surface area contributed by atoms with Crippen molar-refractivity contribution in [2.75, 3.05) is 43.3 Å². The van der Waals surface area contributed by atoms with Crippen LogP contribution in [-0.2, 0) is 6.54 Å². The molecule has 0 fully saturated rings. The van der Waals surface area contributed by atoms with Gasteiger partial charge in [-0.1, -0.05) is 0 Å². The molecule has 0 saturated carbocycles. The molecule has 0 saturated heterocycles. The lowest BCUT2D eigenvalue weighted by Gasteiger charge is -2.16. The number of rotatable bonds is 6. The third-order valence-electron chi connectivity index (χ3n) is 3.21. The topological polar surface area (TPSA) is 95.5 Å². The van der Waals surface area contributed by atoms with Crippen molar-refractivity contribution in [3.05, 3.63) is 30.1 Å². The summed E-state index contributed by atoms with van der Waals surface area (Å²) in [4.78, 5) is 28.2. The molecule has 0 unspecified atom stereocenters. The van der Waals surface area contributed by atoms with Gasteiger partial charge in [-0.15, -0.1) is 13.2 Å². The summed E-state index contributed by atoms with van der Waals surface area (Å²) < 4.78 is 40.2. The Morgan fingerprint density at radius 2 is 1.54 bits per heavy atom. The van der Waals surface area contributed by atoms with Crippen LogP contribution in [0, 0.1) is 0 Å². The average Bonchev–Trinajstić information content (AvgIpc) is 2.60. The summed E-state index contributed by atoms with van der Waals surface area (Å²) >= 11 is 0. The van der Waals surface area contributed by atoms with Crippen molar-refractivity contribution in [3.63, 3.8) is 0 Å². The van der Waals surface area contributed by atoms with Gasteiger partial charge in [0, 0.05) is 33.9 Å². The first-order chi connectivity index (χ1) is 13.0. The van der Waals surface area contributed by atoms with E-state index in [4.69, 9.17) is 0 Å². The third kappa shape index (κ3) is 6.45. The fourth-order valence-corrected chi connectivity index (χ4v) is 1.95. The highest BCUT2D eigenvalue weighted by Gasteiger charge is 2.30. The quantitative estimate of drug-likeness (QED) is 0.769. The lowest BCUT2D eigenvalue weighted by molar-refractivity contribution is -0.274. The number of nitrogens with zero attached hydrogens (tertiary/aromatic N) is 5. The zero-order chi connectivity index (χ0) is 20.9. The van der Waals surface area contributed by atoms with Gasteiger partial charge in [-0.3, -0.25) is 0 Å². The number of urea groups is 1. The summed E-state index contributed by atoms with van der Waals surface area (Å²) in [5, 5.41) is 5.08. The molecule has 0 aliphatic heterocycles. The van der Waals surface area contributed by atoms with Gasteiger partial charge in [0.25, 0.3) is 0 Å². The molecular weight excluding hydrogens is 379 g/mol. The van der Waals surface area contributed by atoms with E-state index >= 15 is 0 Å². The molecule has 2 rings (SSSR count). The van der Waals surface area contributed by atoms with E-state index < -0.39 is 12.4 Å². The highest BCUT2D eigenvalue weighted by Crippen LogP contribution is 2.23. The summed E-state index contributed by atoms with van der Waals surface area (Å²) in [6.07, 6.45) is -4.77. The smallest absolute Gasteiger partial charge is 0.406 e. The fraction of sp³-hybridized carbons (Fsp3) is 0.375. The summed E-state index contributed by atoms with van der Waals surface area (Å²) in [5.41, 5.74) is 0.297. The Morgan fingerprint density at radius 3 is 2.00 bits per heavy atom. The molecule has 1 aromatic heterocycles. The molecule has 152 valence electrons. The number of ether oxygens (including phenoxy) is 1. The first kappa shape index (κ1) is 21.0. The number of hydrogen-bond acceptors (Lipinski definition) is 7. The molecule has 12 heteroatoms. The molecule has 1 heterocycles. The minimum atomic E-state index is -4.77. The number of hydrogen-bond donors (Lipinski definition) is 2. The second-order valence-electron chi connectivity index (χ2n) is 6.02. The highest BCUT2D eigenvalue weighted by molar-refractivity contribution is 5.89. The second-order valence-corrected chi connectivity index (χ2v) is 6.02. The van der Waals surface area contributed by atoms with E-state index in [9.17, 15) is 18.0 Å². The summed E-state index contributed by atoms with van der Waals surface area (Å²) in [6.45, 7) is 0.0330. The Morgan fingerprint density at radius 1 is 1.00 bits per heavy atom. The van der Waals surface area contributed by atoms with Crippen LogP contribution in [0.2, 0.25) is 0 Å².